The fourth-order valence-electron chi connectivity index (χ4n) is 4.13. The van der Waals surface area contributed by atoms with Gasteiger partial charge in [-0.1, -0.05) is 12.1 Å². The Hall–Kier alpha value is -3.15. The predicted octanol–water partition coefficient (Wildman–Crippen LogP) is 3.71. The van der Waals surface area contributed by atoms with Crippen LogP contribution in [0.25, 0.3) is 11.0 Å². The van der Waals surface area contributed by atoms with E-state index in [1.807, 2.05) is 0 Å². The maximum absolute atomic E-state index is 13.3. The van der Waals surface area contributed by atoms with Gasteiger partial charge in [0, 0.05) is 29.0 Å². The number of hydrogen-bond donors (Lipinski definition) is 1. The molecule has 0 spiro atoms. The van der Waals surface area contributed by atoms with Crippen LogP contribution in [0.15, 0.2) is 62.3 Å². The summed E-state index contributed by atoms with van der Waals surface area (Å²) in [6.07, 6.45) is 2.88. The number of fused-ring (bicyclic) bond motifs is 1. The summed E-state index contributed by atoms with van der Waals surface area (Å²) in [4.78, 5) is 39.2. The number of ketones is 1. The molecule has 0 saturated carbocycles. The second kappa shape index (κ2) is 7.35. The first-order chi connectivity index (χ1) is 13.9. The van der Waals surface area contributed by atoms with Crippen molar-refractivity contribution in [3.05, 3.63) is 68.9 Å². The highest BCUT2D eigenvalue weighted by Gasteiger charge is 2.40. The van der Waals surface area contributed by atoms with Crippen LogP contribution in [0.3, 0.4) is 0 Å². The summed E-state index contributed by atoms with van der Waals surface area (Å²) in [5.41, 5.74) is 2.63. The lowest BCUT2D eigenvalue weighted by Crippen LogP contribution is -2.36. The molecule has 2 heterocycles. The van der Waals surface area contributed by atoms with Crippen LogP contribution in [-0.2, 0) is 14.3 Å². The number of allylic oxidation sites excluding steroid dienone is 3. The molecule has 0 amide bonds. The summed E-state index contributed by atoms with van der Waals surface area (Å²) in [6, 6.07) is 6.95. The van der Waals surface area contributed by atoms with Crippen LogP contribution in [0.5, 0.6) is 0 Å². The number of carbonyl (C=O) groups excluding carboxylic acids is 2. The zero-order chi connectivity index (χ0) is 20.7. The van der Waals surface area contributed by atoms with Gasteiger partial charge in [0.25, 0.3) is 0 Å². The van der Waals surface area contributed by atoms with Crippen LogP contribution in [-0.4, -0.2) is 17.9 Å². The topological polar surface area (TPSA) is 85.6 Å². The smallest absolute Gasteiger partial charge is 0.337 e. The number of esters is 1. The minimum Gasteiger partial charge on any atom is -0.464 e. The third-order valence-corrected chi connectivity index (χ3v) is 5.36. The Morgan fingerprint density at radius 3 is 2.72 bits per heavy atom. The van der Waals surface area contributed by atoms with E-state index in [-0.39, 0.29) is 28.5 Å². The fourth-order valence-corrected chi connectivity index (χ4v) is 4.13. The minimum absolute atomic E-state index is 0.0568. The molecule has 1 aromatic carbocycles. The van der Waals surface area contributed by atoms with Crippen molar-refractivity contribution < 1.29 is 18.7 Å². The highest BCUT2D eigenvalue weighted by molar-refractivity contribution is 6.04. The molecule has 1 aromatic heterocycles. The van der Waals surface area contributed by atoms with Crippen molar-refractivity contribution in [2.24, 2.45) is 0 Å². The van der Waals surface area contributed by atoms with Crippen molar-refractivity contribution in [3.63, 3.8) is 0 Å². The van der Waals surface area contributed by atoms with Crippen molar-refractivity contribution in [3.8, 4) is 0 Å². The molecule has 6 nitrogen and oxygen atoms in total. The molecule has 1 N–H and O–H groups in total. The molecular weight excluding hydrogens is 370 g/mol. The monoisotopic (exact) mass is 393 g/mol. The van der Waals surface area contributed by atoms with Gasteiger partial charge in [-0.15, -0.1) is 0 Å². The summed E-state index contributed by atoms with van der Waals surface area (Å²) < 4.78 is 11.2. The summed E-state index contributed by atoms with van der Waals surface area (Å²) >= 11 is 0. The number of para-hydroxylation sites is 1. The number of dihydropyridines is 1. The van der Waals surface area contributed by atoms with E-state index in [0.29, 0.717) is 35.1 Å². The normalized spacial score (nSPS) is 19.4. The van der Waals surface area contributed by atoms with E-state index in [1.54, 1.807) is 45.0 Å². The molecule has 2 aromatic rings. The van der Waals surface area contributed by atoms with Crippen molar-refractivity contribution in [2.45, 2.75) is 52.1 Å². The van der Waals surface area contributed by atoms with Crippen molar-refractivity contribution in [2.75, 3.05) is 0 Å². The van der Waals surface area contributed by atoms with Crippen molar-refractivity contribution in [1.29, 1.82) is 0 Å². The van der Waals surface area contributed by atoms with Gasteiger partial charge in [0.2, 0.25) is 0 Å². The SMILES string of the molecule is CC1=C(C(=O)OC(C)C)[C@@H](c2coc3ccccc3c2=O)C2=C(CCCC2=O)N1. The van der Waals surface area contributed by atoms with Gasteiger partial charge in [0.1, 0.15) is 5.58 Å². The third kappa shape index (κ3) is 3.28. The van der Waals surface area contributed by atoms with Gasteiger partial charge >= 0.3 is 5.97 Å². The highest BCUT2D eigenvalue weighted by Crippen LogP contribution is 2.42. The Labute approximate surface area is 168 Å². The fraction of sp³-hybridized carbons (Fsp3) is 0.348. The van der Waals surface area contributed by atoms with Crippen LogP contribution < -0.4 is 10.7 Å². The molecule has 6 heteroatoms. The Morgan fingerprint density at radius 1 is 1.21 bits per heavy atom. The molecule has 1 atom stereocenters. The molecule has 0 bridgehead atoms. The van der Waals surface area contributed by atoms with E-state index >= 15 is 0 Å². The first-order valence-corrected chi connectivity index (χ1v) is 9.84. The molecule has 0 radical (unpaired) electrons. The maximum Gasteiger partial charge on any atom is 0.337 e. The molecular formula is C23H23NO5. The van der Waals surface area contributed by atoms with Gasteiger partial charge in [-0.2, -0.15) is 0 Å². The quantitative estimate of drug-likeness (QED) is 0.800. The Kier molecular flexibility index (Phi) is 4.86. The number of rotatable bonds is 3. The van der Waals surface area contributed by atoms with Crippen LogP contribution >= 0.6 is 0 Å². The van der Waals surface area contributed by atoms with E-state index < -0.39 is 11.9 Å². The second-order valence-electron chi connectivity index (χ2n) is 7.74. The number of Topliss-reactive ketones (excluding diaryl/α,β-unsaturated/α-hetero) is 1. The number of hydrogen-bond acceptors (Lipinski definition) is 6. The van der Waals surface area contributed by atoms with Gasteiger partial charge in [0.05, 0.1) is 29.2 Å². The Morgan fingerprint density at radius 2 is 1.97 bits per heavy atom. The molecule has 29 heavy (non-hydrogen) atoms. The van der Waals surface area contributed by atoms with E-state index in [2.05, 4.69) is 5.32 Å². The minimum atomic E-state index is -0.800. The molecule has 2 aliphatic rings. The standard InChI is InChI=1S/C23H23NO5/c1-12(2)29-23(27)19-13(3)24-16-8-6-9-17(25)21(16)20(19)15-11-28-18-10-5-4-7-14(18)22(15)26/h4-5,7,10-12,20,24H,6,8-9H2,1-3H3/t20-/m1/s1. The molecule has 1 aliphatic heterocycles. The van der Waals surface area contributed by atoms with Crippen LogP contribution in [0.4, 0.5) is 0 Å². The third-order valence-electron chi connectivity index (χ3n) is 5.36. The van der Waals surface area contributed by atoms with Crippen molar-refractivity contribution >= 4 is 22.7 Å². The molecule has 0 fully saturated rings. The lowest BCUT2D eigenvalue weighted by molar-refractivity contribution is -0.143. The van der Waals surface area contributed by atoms with Gasteiger partial charge in [0.15, 0.2) is 11.2 Å². The number of nitrogens with one attached hydrogen (secondary N) is 1. The van der Waals surface area contributed by atoms with Gasteiger partial charge < -0.3 is 14.5 Å². The zero-order valence-corrected chi connectivity index (χ0v) is 16.7. The largest absolute Gasteiger partial charge is 0.464 e. The van der Waals surface area contributed by atoms with Gasteiger partial charge in [-0.3, -0.25) is 9.59 Å². The summed E-state index contributed by atoms with van der Waals surface area (Å²) in [7, 11) is 0. The average molecular weight is 393 g/mol. The summed E-state index contributed by atoms with van der Waals surface area (Å²) in [5.74, 6) is -1.39. The van der Waals surface area contributed by atoms with Crippen LogP contribution in [0.1, 0.15) is 51.5 Å². The molecule has 1 aliphatic carbocycles. The molecule has 4 rings (SSSR count). The molecule has 150 valence electrons. The van der Waals surface area contributed by atoms with E-state index in [4.69, 9.17) is 9.15 Å². The van der Waals surface area contributed by atoms with E-state index in [0.717, 1.165) is 12.1 Å². The van der Waals surface area contributed by atoms with E-state index in [9.17, 15) is 14.4 Å². The lowest BCUT2D eigenvalue weighted by atomic mass is 9.75. The first kappa shape index (κ1) is 19.2. The summed E-state index contributed by atoms with van der Waals surface area (Å²) in [5, 5.41) is 3.63. The molecule has 0 saturated heterocycles. The second-order valence-corrected chi connectivity index (χ2v) is 7.74. The Bertz CT molecular complexity index is 1140. The van der Waals surface area contributed by atoms with E-state index in [1.165, 1.54) is 6.26 Å². The Balaban J connectivity index is 1.96. The molecule has 0 unspecified atom stereocenters. The number of carbonyl (C=O) groups is 2. The van der Waals surface area contributed by atoms with Crippen LogP contribution in [0.2, 0.25) is 0 Å². The first-order valence-electron chi connectivity index (χ1n) is 9.84. The number of ether oxygens (including phenoxy) is 1. The highest BCUT2D eigenvalue weighted by atomic mass is 16.5. The van der Waals surface area contributed by atoms with Gasteiger partial charge in [-0.25, -0.2) is 4.79 Å². The van der Waals surface area contributed by atoms with Crippen LogP contribution in [0, 0.1) is 0 Å². The summed E-state index contributed by atoms with van der Waals surface area (Å²) in [6.45, 7) is 5.30. The average Bonchev–Trinajstić information content (AvgIpc) is 2.67. The lowest BCUT2D eigenvalue weighted by Gasteiger charge is -2.33. The predicted molar refractivity (Wildman–Crippen MR) is 108 cm³/mol. The maximum atomic E-state index is 13.3. The van der Waals surface area contributed by atoms with Crippen molar-refractivity contribution in [1.82, 2.24) is 5.32 Å². The van der Waals surface area contributed by atoms with Gasteiger partial charge in [-0.05, 0) is 45.7 Å². The zero-order valence-electron chi connectivity index (χ0n) is 16.7. The number of benzene rings is 1.